The lowest BCUT2D eigenvalue weighted by atomic mass is 10.1. The number of rotatable bonds is 36. The van der Waals surface area contributed by atoms with E-state index in [1.54, 1.807) is 7.05 Å². The first-order chi connectivity index (χ1) is 23.3. The molecule has 0 aliphatic heterocycles. The first kappa shape index (κ1) is 46.5. The van der Waals surface area contributed by atoms with Gasteiger partial charge in [-0.05, 0) is 71.3 Å². The van der Waals surface area contributed by atoms with Crippen LogP contribution in [0.5, 0.6) is 0 Å². The molecule has 2 atom stereocenters. The number of unbranched alkanes of at least 4 members (excludes halogenated alkanes) is 18. The van der Waals surface area contributed by atoms with E-state index in [2.05, 4.69) is 43.5 Å². The second kappa shape index (κ2) is 35.3. The molecule has 2 unspecified atom stereocenters. The topological polar surface area (TPSA) is 120 Å². The van der Waals surface area contributed by atoms with Gasteiger partial charge in [-0.25, -0.2) is 4.57 Å². The Morgan fingerprint density at radius 1 is 0.625 bits per heavy atom. The maximum atomic E-state index is 12.5. The molecule has 0 heterocycles. The SMILES string of the molecule is CCCCCC/C=C\CCCCCCCC(=O)OCC(COP(=O)(O)OCCNC)OC(=O)CCCCCCC/C=C\CCCCCC. The highest BCUT2D eigenvalue weighted by atomic mass is 31.2. The molecule has 0 aliphatic carbocycles. The molecule has 0 aliphatic rings. The number of hydrogen-bond donors (Lipinski definition) is 2. The van der Waals surface area contributed by atoms with Crippen LogP contribution in [0.1, 0.15) is 168 Å². The van der Waals surface area contributed by atoms with Gasteiger partial charge in [0.1, 0.15) is 6.61 Å². The number of esters is 2. The Kier molecular flexibility index (Phi) is 34.2. The average molecular weight is 702 g/mol. The maximum absolute atomic E-state index is 12.5. The maximum Gasteiger partial charge on any atom is 0.472 e. The van der Waals surface area contributed by atoms with Crippen molar-refractivity contribution in [3.8, 4) is 0 Å². The summed E-state index contributed by atoms with van der Waals surface area (Å²) >= 11 is 0. The summed E-state index contributed by atoms with van der Waals surface area (Å²) in [4.78, 5) is 34.9. The van der Waals surface area contributed by atoms with Crippen molar-refractivity contribution in [3.63, 3.8) is 0 Å². The fourth-order valence-corrected chi connectivity index (χ4v) is 5.82. The van der Waals surface area contributed by atoms with Crippen molar-refractivity contribution in [3.05, 3.63) is 24.3 Å². The van der Waals surface area contributed by atoms with E-state index in [0.717, 1.165) is 70.6 Å². The summed E-state index contributed by atoms with van der Waals surface area (Å²) in [6, 6.07) is 0. The Morgan fingerprint density at radius 3 is 1.54 bits per heavy atom. The largest absolute Gasteiger partial charge is 0.472 e. The van der Waals surface area contributed by atoms with Gasteiger partial charge in [-0.1, -0.05) is 115 Å². The van der Waals surface area contributed by atoms with E-state index >= 15 is 0 Å². The van der Waals surface area contributed by atoms with Crippen molar-refractivity contribution in [2.45, 2.75) is 174 Å². The molecule has 0 radical (unpaired) electrons. The number of phosphoric acid groups is 1. The Morgan fingerprint density at radius 2 is 1.06 bits per heavy atom. The van der Waals surface area contributed by atoms with Crippen molar-refractivity contribution in [2.75, 3.05) is 33.4 Å². The predicted octanol–water partition coefficient (Wildman–Crippen LogP) is 10.3. The van der Waals surface area contributed by atoms with Gasteiger partial charge >= 0.3 is 19.8 Å². The minimum atomic E-state index is -4.34. The minimum Gasteiger partial charge on any atom is -0.462 e. The van der Waals surface area contributed by atoms with E-state index in [1.807, 2.05) is 0 Å². The van der Waals surface area contributed by atoms with Crippen LogP contribution in [-0.4, -0.2) is 56.3 Å². The molecule has 0 aromatic heterocycles. The molecule has 0 bridgehead atoms. The van der Waals surface area contributed by atoms with Gasteiger partial charge in [0.15, 0.2) is 6.10 Å². The van der Waals surface area contributed by atoms with Crippen molar-refractivity contribution in [2.24, 2.45) is 0 Å². The number of hydrogen-bond acceptors (Lipinski definition) is 8. The summed E-state index contributed by atoms with van der Waals surface area (Å²) in [7, 11) is -2.65. The number of likely N-dealkylation sites (N-methyl/N-ethyl adjacent to an activating group) is 1. The lowest BCUT2D eigenvalue weighted by Gasteiger charge is -2.20. The lowest BCUT2D eigenvalue weighted by Crippen LogP contribution is -2.29. The fraction of sp³-hybridized carbons (Fsp3) is 0.842. The van der Waals surface area contributed by atoms with Crippen molar-refractivity contribution in [1.82, 2.24) is 5.32 Å². The molecule has 10 heteroatoms. The van der Waals surface area contributed by atoms with Gasteiger partial charge in [0.05, 0.1) is 13.2 Å². The molecule has 0 saturated carbocycles. The Labute approximate surface area is 294 Å². The molecule has 282 valence electrons. The molecule has 0 amide bonds. The molecule has 9 nitrogen and oxygen atoms in total. The van der Waals surface area contributed by atoms with Crippen molar-refractivity contribution in [1.29, 1.82) is 0 Å². The highest BCUT2D eigenvalue weighted by molar-refractivity contribution is 7.47. The van der Waals surface area contributed by atoms with Gasteiger partial charge in [0.25, 0.3) is 0 Å². The normalized spacial score (nSPS) is 13.7. The fourth-order valence-electron chi connectivity index (χ4n) is 5.07. The van der Waals surface area contributed by atoms with Crippen LogP contribution < -0.4 is 5.32 Å². The summed E-state index contributed by atoms with van der Waals surface area (Å²) in [5.74, 6) is -0.827. The second-order valence-corrected chi connectivity index (χ2v) is 14.2. The first-order valence-corrected chi connectivity index (χ1v) is 20.8. The van der Waals surface area contributed by atoms with Gasteiger partial charge < -0.3 is 19.7 Å². The van der Waals surface area contributed by atoms with Crippen molar-refractivity contribution >= 4 is 19.8 Å². The minimum absolute atomic E-state index is 0.0190. The smallest absolute Gasteiger partial charge is 0.462 e. The van der Waals surface area contributed by atoms with Gasteiger partial charge in [0, 0.05) is 19.4 Å². The number of carbonyl (C=O) groups is 2. The third kappa shape index (κ3) is 34.4. The average Bonchev–Trinajstić information content (AvgIpc) is 3.06. The highest BCUT2D eigenvalue weighted by Crippen LogP contribution is 2.43. The van der Waals surface area contributed by atoms with Crippen LogP contribution in [0.2, 0.25) is 0 Å². The van der Waals surface area contributed by atoms with Gasteiger partial charge in [0.2, 0.25) is 0 Å². The zero-order chi connectivity index (χ0) is 35.4. The van der Waals surface area contributed by atoms with Crippen LogP contribution in [0.15, 0.2) is 24.3 Å². The molecule has 0 rings (SSSR count). The first-order valence-electron chi connectivity index (χ1n) is 19.3. The third-order valence-electron chi connectivity index (χ3n) is 8.04. The molecule has 0 saturated heterocycles. The zero-order valence-electron chi connectivity index (χ0n) is 30.9. The van der Waals surface area contributed by atoms with Crippen molar-refractivity contribution < 1.29 is 37.6 Å². The van der Waals surface area contributed by atoms with Crippen LogP contribution in [0.4, 0.5) is 0 Å². The molecule has 0 spiro atoms. The molecule has 2 N–H and O–H groups in total. The predicted molar refractivity (Wildman–Crippen MR) is 197 cm³/mol. The van der Waals surface area contributed by atoms with E-state index < -0.39 is 26.5 Å². The number of allylic oxidation sites excluding steroid dienone is 4. The van der Waals surface area contributed by atoms with E-state index in [0.29, 0.717) is 13.0 Å². The molecular formula is C38H72NO8P. The van der Waals surface area contributed by atoms with Gasteiger partial charge in [-0.2, -0.15) is 0 Å². The monoisotopic (exact) mass is 701 g/mol. The van der Waals surface area contributed by atoms with Gasteiger partial charge in [-0.3, -0.25) is 18.6 Å². The van der Waals surface area contributed by atoms with E-state index in [1.165, 1.54) is 64.2 Å². The molecule has 48 heavy (non-hydrogen) atoms. The zero-order valence-corrected chi connectivity index (χ0v) is 31.8. The van der Waals surface area contributed by atoms with Crippen LogP contribution in [0.3, 0.4) is 0 Å². The van der Waals surface area contributed by atoms with Crippen LogP contribution in [0, 0.1) is 0 Å². The Balaban J connectivity index is 4.32. The molecule has 0 fully saturated rings. The standard InChI is InChI=1S/C38H72NO8P/c1-4-6-8-10-12-14-16-18-20-22-24-26-28-30-37(40)44-34-36(35-46-48(42,43)45-33-32-39-3)47-38(41)31-29-27-25-23-21-19-17-15-13-11-9-7-5-2/h14-17,36,39H,4-13,18-35H2,1-3H3,(H,42,43)/b16-14-,17-15-. The van der Waals surface area contributed by atoms with Gasteiger partial charge in [-0.15, -0.1) is 0 Å². The van der Waals surface area contributed by atoms with Crippen LogP contribution in [0.25, 0.3) is 0 Å². The molecular weight excluding hydrogens is 629 g/mol. The Hall–Kier alpha value is -1.51. The lowest BCUT2D eigenvalue weighted by molar-refractivity contribution is -0.161. The third-order valence-corrected chi connectivity index (χ3v) is 9.03. The molecule has 0 aromatic rings. The number of ether oxygens (including phenoxy) is 2. The summed E-state index contributed by atoms with van der Waals surface area (Å²) in [5.41, 5.74) is 0. The quantitative estimate of drug-likeness (QED) is 0.0284. The van der Waals surface area contributed by atoms with Crippen LogP contribution >= 0.6 is 7.82 Å². The molecule has 0 aromatic carbocycles. The van der Waals surface area contributed by atoms with E-state index in [4.69, 9.17) is 18.5 Å². The summed E-state index contributed by atoms with van der Waals surface area (Å²) in [6.07, 6.45) is 33.6. The van der Waals surface area contributed by atoms with E-state index in [-0.39, 0.29) is 32.0 Å². The highest BCUT2D eigenvalue weighted by Gasteiger charge is 2.26. The summed E-state index contributed by atoms with van der Waals surface area (Å²) < 4.78 is 33.0. The number of carbonyl (C=O) groups excluding carboxylic acids is 2. The summed E-state index contributed by atoms with van der Waals surface area (Å²) in [5, 5.41) is 2.81. The second-order valence-electron chi connectivity index (χ2n) is 12.8. The van der Waals surface area contributed by atoms with Crippen LogP contribution in [-0.2, 0) is 32.7 Å². The Bertz CT molecular complexity index is 851. The van der Waals surface area contributed by atoms with E-state index in [9.17, 15) is 19.0 Å². The summed E-state index contributed by atoms with van der Waals surface area (Å²) in [6.45, 7) is 4.16. The number of nitrogens with one attached hydrogen (secondary N) is 1. The number of phosphoric ester groups is 1.